The van der Waals surface area contributed by atoms with Crippen molar-refractivity contribution in [3.63, 3.8) is 0 Å². The van der Waals surface area contributed by atoms with Gasteiger partial charge >= 0.3 is 5.97 Å². The number of aliphatic carboxylic acids is 1. The number of methoxy groups -OCH3 is 1. The first-order valence-corrected chi connectivity index (χ1v) is 7.44. The molecular formula is C16H26N2O4. The zero-order chi connectivity index (χ0) is 16.5. The molecule has 0 spiro atoms. The Kier molecular flexibility index (Phi) is 7.70. The van der Waals surface area contributed by atoms with Crippen LogP contribution in [0.2, 0.25) is 0 Å². The van der Waals surface area contributed by atoms with Crippen LogP contribution in [0, 0.1) is 0 Å². The highest BCUT2D eigenvalue weighted by atomic mass is 16.5. The first-order valence-electron chi connectivity index (χ1n) is 7.44. The molecule has 0 bridgehead atoms. The molecule has 0 radical (unpaired) electrons. The highest BCUT2D eigenvalue weighted by Gasteiger charge is 2.12. The Balaban J connectivity index is 2.81. The van der Waals surface area contributed by atoms with Crippen molar-refractivity contribution in [3.8, 4) is 5.75 Å². The third kappa shape index (κ3) is 5.54. The molecular weight excluding hydrogens is 284 g/mol. The van der Waals surface area contributed by atoms with E-state index in [0.717, 1.165) is 23.5 Å². The summed E-state index contributed by atoms with van der Waals surface area (Å²) in [6, 6.07) is 5.96. The van der Waals surface area contributed by atoms with Gasteiger partial charge in [-0.3, -0.25) is 4.79 Å². The van der Waals surface area contributed by atoms with Gasteiger partial charge in [-0.05, 0) is 31.7 Å². The molecule has 0 heterocycles. The summed E-state index contributed by atoms with van der Waals surface area (Å²) < 4.78 is 5.46. The molecule has 0 aliphatic heterocycles. The van der Waals surface area contributed by atoms with Crippen LogP contribution < -0.4 is 9.64 Å². The van der Waals surface area contributed by atoms with E-state index in [2.05, 4.69) is 4.90 Å². The molecule has 0 aliphatic carbocycles. The maximum absolute atomic E-state index is 10.6. The Labute approximate surface area is 131 Å². The van der Waals surface area contributed by atoms with E-state index in [4.69, 9.17) is 14.9 Å². The number of nitrogens with zero attached hydrogens (tertiary/aromatic N) is 2. The number of aliphatic hydroxyl groups excluding tert-OH is 1. The number of benzene rings is 1. The van der Waals surface area contributed by atoms with Gasteiger partial charge in [0.1, 0.15) is 5.75 Å². The summed E-state index contributed by atoms with van der Waals surface area (Å²) >= 11 is 0. The molecule has 0 aliphatic rings. The van der Waals surface area contributed by atoms with Crippen molar-refractivity contribution in [1.82, 2.24) is 4.90 Å². The molecule has 124 valence electrons. The average molecular weight is 310 g/mol. The number of hydrogen-bond donors (Lipinski definition) is 2. The SMILES string of the molecule is CCN(CCO)c1ccc(CN(C)CCC(=O)O)cc1OC. The van der Waals surface area contributed by atoms with Crippen molar-refractivity contribution >= 4 is 11.7 Å². The topological polar surface area (TPSA) is 73.2 Å². The number of likely N-dealkylation sites (N-methyl/N-ethyl adjacent to an activating group) is 1. The summed E-state index contributed by atoms with van der Waals surface area (Å²) in [7, 11) is 3.52. The number of anilines is 1. The molecule has 0 saturated heterocycles. The average Bonchev–Trinajstić information content (AvgIpc) is 2.50. The number of carbonyl (C=O) groups is 1. The lowest BCUT2D eigenvalue weighted by Gasteiger charge is -2.25. The van der Waals surface area contributed by atoms with Crippen LogP contribution in [0.1, 0.15) is 18.9 Å². The number of aliphatic hydroxyl groups is 1. The molecule has 1 aromatic rings. The van der Waals surface area contributed by atoms with Gasteiger partial charge in [-0.1, -0.05) is 6.07 Å². The molecule has 6 nitrogen and oxygen atoms in total. The fourth-order valence-electron chi connectivity index (χ4n) is 2.33. The van der Waals surface area contributed by atoms with E-state index < -0.39 is 5.97 Å². The van der Waals surface area contributed by atoms with E-state index >= 15 is 0 Å². The summed E-state index contributed by atoms with van der Waals surface area (Å²) in [6.45, 7) is 4.64. The van der Waals surface area contributed by atoms with Crippen LogP contribution in [0.15, 0.2) is 18.2 Å². The molecule has 0 fully saturated rings. The molecule has 0 saturated carbocycles. The highest BCUT2D eigenvalue weighted by molar-refractivity contribution is 5.66. The lowest BCUT2D eigenvalue weighted by molar-refractivity contribution is -0.137. The van der Waals surface area contributed by atoms with Crippen molar-refractivity contribution < 1.29 is 19.7 Å². The third-order valence-corrected chi connectivity index (χ3v) is 3.50. The number of rotatable bonds is 10. The fraction of sp³-hybridized carbons (Fsp3) is 0.562. The van der Waals surface area contributed by atoms with Gasteiger partial charge in [0.2, 0.25) is 0 Å². The number of ether oxygens (including phenoxy) is 1. The Morgan fingerprint density at radius 1 is 1.32 bits per heavy atom. The summed E-state index contributed by atoms with van der Waals surface area (Å²) in [6.07, 6.45) is 0.131. The minimum atomic E-state index is -0.789. The Morgan fingerprint density at radius 2 is 2.05 bits per heavy atom. The Bertz CT molecular complexity index is 479. The van der Waals surface area contributed by atoms with E-state index in [1.807, 2.05) is 37.1 Å². The zero-order valence-electron chi connectivity index (χ0n) is 13.6. The van der Waals surface area contributed by atoms with Crippen molar-refractivity contribution in [3.05, 3.63) is 23.8 Å². The third-order valence-electron chi connectivity index (χ3n) is 3.50. The largest absolute Gasteiger partial charge is 0.495 e. The predicted molar refractivity (Wildman–Crippen MR) is 86.6 cm³/mol. The summed E-state index contributed by atoms with van der Waals surface area (Å²) in [4.78, 5) is 14.6. The van der Waals surface area contributed by atoms with Crippen LogP contribution in [0.5, 0.6) is 5.75 Å². The van der Waals surface area contributed by atoms with Crippen LogP contribution in [0.4, 0.5) is 5.69 Å². The number of hydrogen-bond acceptors (Lipinski definition) is 5. The molecule has 0 amide bonds. The van der Waals surface area contributed by atoms with E-state index in [1.54, 1.807) is 7.11 Å². The Morgan fingerprint density at radius 3 is 2.59 bits per heavy atom. The van der Waals surface area contributed by atoms with Crippen LogP contribution in [-0.4, -0.2) is 61.5 Å². The Hall–Kier alpha value is -1.79. The second-order valence-electron chi connectivity index (χ2n) is 5.19. The fourth-order valence-corrected chi connectivity index (χ4v) is 2.33. The zero-order valence-corrected chi connectivity index (χ0v) is 13.6. The lowest BCUT2D eigenvalue weighted by Crippen LogP contribution is -2.26. The van der Waals surface area contributed by atoms with Gasteiger partial charge in [-0.2, -0.15) is 0 Å². The maximum Gasteiger partial charge on any atom is 0.304 e. The van der Waals surface area contributed by atoms with Gasteiger partial charge in [0.05, 0.1) is 25.8 Å². The molecule has 2 N–H and O–H groups in total. The van der Waals surface area contributed by atoms with Gasteiger partial charge < -0.3 is 24.7 Å². The first kappa shape index (κ1) is 18.3. The molecule has 1 aromatic carbocycles. The van der Waals surface area contributed by atoms with Crippen LogP contribution in [0.25, 0.3) is 0 Å². The smallest absolute Gasteiger partial charge is 0.304 e. The van der Waals surface area contributed by atoms with E-state index in [1.165, 1.54) is 0 Å². The molecule has 6 heteroatoms. The van der Waals surface area contributed by atoms with Crippen LogP contribution in [0.3, 0.4) is 0 Å². The monoisotopic (exact) mass is 310 g/mol. The van der Waals surface area contributed by atoms with Gasteiger partial charge in [-0.25, -0.2) is 0 Å². The molecule has 1 rings (SSSR count). The molecule has 0 atom stereocenters. The van der Waals surface area contributed by atoms with Crippen LogP contribution in [-0.2, 0) is 11.3 Å². The number of carboxylic acids is 1. The van der Waals surface area contributed by atoms with Crippen molar-refractivity contribution in [2.24, 2.45) is 0 Å². The van der Waals surface area contributed by atoms with Gasteiger partial charge in [0, 0.05) is 26.2 Å². The van der Waals surface area contributed by atoms with Gasteiger partial charge in [-0.15, -0.1) is 0 Å². The van der Waals surface area contributed by atoms with E-state index in [-0.39, 0.29) is 13.0 Å². The lowest BCUT2D eigenvalue weighted by atomic mass is 10.1. The highest BCUT2D eigenvalue weighted by Crippen LogP contribution is 2.29. The van der Waals surface area contributed by atoms with Crippen molar-refractivity contribution in [2.45, 2.75) is 19.9 Å². The van der Waals surface area contributed by atoms with Crippen molar-refractivity contribution in [1.29, 1.82) is 0 Å². The standard InChI is InChI=1S/C16H26N2O4/c1-4-18(9-10-19)14-6-5-13(11-15(14)22-3)12-17(2)8-7-16(20)21/h5-6,11,19H,4,7-10,12H2,1-3H3,(H,20,21). The molecule has 0 unspecified atom stereocenters. The summed E-state index contributed by atoms with van der Waals surface area (Å²) in [5.41, 5.74) is 2.02. The minimum absolute atomic E-state index is 0.0939. The van der Waals surface area contributed by atoms with Gasteiger partial charge in [0.15, 0.2) is 0 Å². The normalized spacial score (nSPS) is 10.8. The van der Waals surface area contributed by atoms with Crippen LogP contribution >= 0.6 is 0 Å². The summed E-state index contributed by atoms with van der Waals surface area (Å²) in [5.74, 6) is -0.0261. The first-order chi connectivity index (χ1) is 10.5. The second-order valence-corrected chi connectivity index (χ2v) is 5.19. The quantitative estimate of drug-likeness (QED) is 0.681. The maximum atomic E-state index is 10.6. The van der Waals surface area contributed by atoms with Gasteiger partial charge in [0.25, 0.3) is 0 Å². The molecule has 22 heavy (non-hydrogen) atoms. The van der Waals surface area contributed by atoms with E-state index in [0.29, 0.717) is 19.6 Å². The predicted octanol–water partition coefficient (Wildman–Crippen LogP) is 1.42. The molecule has 0 aromatic heterocycles. The second kappa shape index (κ2) is 9.27. The van der Waals surface area contributed by atoms with Crippen molar-refractivity contribution in [2.75, 3.05) is 45.3 Å². The van der Waals surface area contributed by atoms with E-state index in [9.17, 15) is 4.79 Å². The summed E-state index contributed by atoms with van der Waals surface area (Å²) in [5, 5.41) is 17.8. The minimum Gasteiger partial charge on any atom is -0.495 e. The number of carboxylic acid groups (broad SMARTS) is 1.